The number of amides is 1. The summed E-state index contributed by atoms with van der Waals surface area (Å²) < 4.78 is 5.27. The molecule has 1 heterocycles. The second-order valence-electron chi connectivity index (χ2n) is 5.04. The highest BCUT2D eigenvalue weighted by atomic mass is 16.5. The molecule has 0 saturated heterocycles. The molecular weight excluding hydrogens is 278 g/mol. The lowest BCUT2D eigenvalue weighted by Gasteiger charge is -2.09. The van der Waals surface area contributed by atoms with Crippen LogP contribution in [-0.2, 0) is 17.8 Å². The Bertz CT molecular complexity index is 782. The van der Waals surface area contributed by atoms with Gasteiger partial charge in [-0.15, -0.1) is 0 Å². The number of nitrogens with one attached hydrogen (secondary N) is 2. The minimum Gasteiger partial charge on any atom is -0.497 e. The molecule has 3 rings (SSSR count). The first-order valence-electron chi connectivity index (χ1n) is 7.07. The van der Waals surface area contributed by atoms with Crippen LogP contribution in [0.3, 0.4) is 0 Å². The smallest absolute Gasteiger partial charge is 0.224 e. The third-order valence-corrected chi connectivity index (χ3v) is 3.57. The van der Waals surface area contributed by atoms with Crippen LogP contribution in [0.2, 0.25) is 0 Å². The van der Waals surface area contributed by atoms with Gasteiger partial charge in [0.15, 0.2) is 0 Å². The number of ether oxygens (including phenoxy) is 1. The summed E-state index contributed by atoms with van der Waals surface area (Å²) in [5, 5.41) is 11.7. The Morgan fingerprint density at radius 3 is 2.95 bits per heavy atom. The second-order valence-corrected chi connectivity index (χ2v) is 5.04. The number of rotatable bonds is 5. The lowest BCUT2D eigenvalue weighted by atomic mass is 10.0. The molecule has 22 heavy (non-hydrogen) atoms. The fourth-order valence-corrected chi connectivity index (χ4v) is 2.41. The summed E-state index contributed by atoms with van der Waals surface area (Å²) in [6, 6.07) is 13.7. The summed E-state index contributed by atoms with van der Waals surface area (Å²) in [6.45, 7) is 0.451. The van der Waals surface area contributed by atoms with Crippen LogP contribution in [0.25, 0.3) is 10.8 Å². The number of aromatic amines is 1. The fourth-order valence-electron chi connectivity index (χ4n) is 2.41. The van der Waals surface area contributed by atoms with Crippen LogP contribution >= 0.6 is 0 Å². The van der Waals surface area contributed by atoms with Crippen molar-refractivity contribution in [3.05, 3.63) is 59.9 Å². The Morgan fingerprint density at radius 1 is 1.27 bits per heavy atom. The minimum atomic E-state index is -0.0232. The molecular formula is C17H17N3O2. The maximum atomic E-state index is 12.1. The number of hydrogen-bond acceptors (Lipinski definition) is 3. The van der Waals surface area contributed by atoms with Gasteiger partial charge in [0.1, 0.15) is 5.75 Å². The van der Waals surface area contributed by atoms with E-state index in [0.29, 0.717) is 13.0 Å². The molecule has 2 N–H and O–H groups in total. The van der Waals surface area contributed by atoms with E-state index >= 15 is 0 Å². The number of fused-ring (bicyclic) bond motifs is 1. The quantitative estimate of drug-likeness (QED) is 0.759. The van der Waals surface area contributed by atoms with Crippen LogP contribution in [-0.4, -0.2) is 23.2 Å². The van der Waals surface area contributed by atoms with Gasteiger partial charge in [-0.1, -0.05) is 24.3 Å². The molecule has 0 unspecified atom stereocenters. The summed E-state index contributed by atoms with van der Waals surface area (Å²) in [5.74, 6) is 0.766. The van der Waals surface area contributed by atoms with Crippen molar-refractivity contribution >= 4 is 16.7 Å². The van der Waals surface area contributed by atoms with Crippen molar-refractivity contribution in [2.24, 2.45) is 0 Å². The Labute approximate surface area is 128 Å². The van der Waals surface area contributed by atoms with Gasteiger partial charge in [-0.3, -0.25) is 9.89 Å². The molecule has 0 saturated carbocycles. The Hall–Kier alpha value is -2.82. The zero-order chi connectivity index (χ0) is 15.4. The van der Waals surface area contributed by atoms with Crippen LogP contribution in [0, 0.1) is 0 Å². The molecule has 5 nitrogen and oxygen atoms in total. The van der Waals surface area contributed by atoms with E-state index in [1.54, 1.807) is 13.3 Å². The molecule has 1 amide bonds. The molecule has 112 valence electrons. The first-order chi connectivity index (χ1) is 10.8. The van der Waals surface area contributed by atoms with Crippen LogP contribution in [0.4, 0.5) is 0 Å². The predicted molar refractivity (Wildman–Crippen MR) is 84.6 cm³/mol. The number of nitrogens with zero attached hydrogens (tertiary/aromatic N) is 1. The number of hydrogen-bond donors (Lipinski definition) is 2. The van der Waals surface area contributed by atoms with E-state index in [4.69, 9.17) is 4.74 Å². The fraction of sp³-hybridized carbons (Fsp3) is 0.176. The minimum absolute atomic E-state index is 0.0232. The van der Waals surface area contributed by atoms with E-state index in [0.717, 1.165) is 27.8 Å². The van der Waals surface area contributed by atoms with Crippen LogP contribution in [0.15, 0.2) is 48.7 Å². The highest BCUT2D eigenvalue weighted by Crippen LogP contribution is 2.24. The van der Waals surface area contributed by atoms with Gasteiger partial charge >= 0.3 is 0 Å². The molecule has 0 bridgehead atoms. The van der Waals surface area contributed by atoms with Gasteiger partial charge in [0, 0.05) is 6.20 Å². The molecule has 3 aromatic rings. The van der Waals surface area contributed by atoms with Crippen LogP contribution in [0.1, 0.15) is 11.3 Å². The number of aromatic nitrogens is 2. The van der Waals surface area contributed by atoms with Gasteiger partial charge in [0.25, 0.3) is 0 Å². The zero-order valence-electron chi connectivity index (χ0n) is 12.3. The summed E-state index contributed by atoms with van der Waals surface area (Å²) in [5.41, 5.74) is 1.87. The van der Waals surface area contributed by atoms with Gasteiger partial charge in [0.05, 0.1) is 25.8 Å². The maximum Gasteiger partial charge on any atom is 0.224 e. The van der Waals surface area contributed by atoms with Crippen molar-refractivity contribution < 1.29 is 9.53 Å². The average Bonchev–Trinajstić information content (AvgIpc) is 3.06. The maximum absolute atomic E-state index is 12.1. The number of carbonyl (C=O) groups is 1. The second kappa shape index (κ2) is 6.30. The van der Waals surface area contributed by atoms with Gasteiger partial charge in [-0.2, -0.15) is 5.10 Å². The van der Waals surface area contributed by atoms with E-state index in [-0.39, 0.29) is 5.91 Å². The van der Waals surface area contributed by atoms with Crippen molar-refractivity contribution in [2.45, 2.75) is 13.0 Å². The molecule has 5 heteroatoms. The number of benzene rings is 2. The van der Waals surface area contributed by atoms with E-state index in [9.17, 15) is 4.79 Å². The lowest BCUT2D eigenvalue weighted by molar-refractivity contribution is -0.120. The van der Waals surface area contributed by atoms with Gasteiger partial charge in [-0.25, -0.2) is 0 Å². The lowest BCUT2D eigenvalue weighted by Crippen LogP contribution is -2.24. The van der Waals surface area contributed by atoms with Gasteiger partial charge < -0.3 is 10.1 Å². The molecule has 0 spiro atoms. The predicted octanol–water partition coefficient (Wildman–Crippen LogP) is 2.43. The van der Waals surface area contributed by atoms with Crippen molar-refractivity contribution in [1.82, 2.24) is 15.5 Å². The Morgan fingerprint density at radius 2 is 2.18 bits per heavy atom. The summed E-state index contributed by atoms with van der Waals surface area (Å²) in [4.78, 5) is 12.1. The largest absolute Gasteiger partial charge is 0.497 e. The van der Waals surface area contributed by atoms with Crippen LogP contribution < -0.4 is 10.1 Å². The standard InChI is InChI=1S/C17H17N3O2/c1-22-15-6-5-12-3-2-4-13(16(12)10-15)9-17(21)18-11-14-7-8-19-20-14/h2-8,10H,9,11H2,1H3,(H,18,21)(H,19,20). The van der Waals surface area contributed by atoms with Crippen molar-refractivity contribution in [2.75, 3.05) is 7.11 Å². The normalized spacial score (nSPS) is 10.6. The number of methoxy groups -OCH3 is 1. The molecule has 1 aromatic heterocycles. The van der Waals surface area contributed by atoms with Crippen molar-refractivity contribution in [1.29, 1.82) is 0 Å². The Kier molecular flexibility index (Phi) is 4.05. The van der Waals surface area contributed by atoms with Gasteiger partial charge in [0.2, 0.25) is 5.91 Å². The summed E-state index contributed by atoms with van der Waals surface area (Å²) >= 11 is 0. The molecule has 0 aliphatic heterocycles. The average molecular weight is 295 g/mol. The zero-order valence-corrected chi connectivity index (χ0v) is 12.3. The molecule has 0 atom stereocenters. The highest BCUT2D eigenvalue weighted by Gasteiger charge is 2.08. The number of H-pyrrole nitrogens is 1. The van der Waals surface area contributed by atoms with Crippen molar-refractivity contribution in [3.63, 3.8) is 0 Å². The topological polar surface area (TPSA) is 67.0 Å². The third kappa shape index (κ3) is 3.09. The molecule has 0 aliphatic carbocycles. The van der Waals surface area contributed by atoms with E-state index < -0.39 is 0 Å². The molecule has 0 radical (unpaired) electrons. The SMILES string of the molecule is COc1ccc2cccc(CC(=O)NCc3ccn[nH]3)c2c1. The molecule has 2 aromatic carbocycles. The van der Waals surface area contributed by atoms with E-state index in [1.165, 1.54) is 0 Å². The number of carbonyl (C=O) groups excluding carboxylic acids is 1. The Balaban J connectivity index is 1.76. The van der Waals surface area contributed by atoms with E-state index in [2.05, 4.69) is 15.5 Å². The summed E-state index contributed by atoms with van der Waals surface area (Å²) in [6.07, 6.45) is 2.00. The van der Waals surface area contributed by atoms with E-state index in [1.807, 2.05) is 42.5 Å². The van der Waals surface area contributed by atoms with Crippen LogP contribution in [0.5, 0.6) is 5.75 Å². The molecule has 0 fully saturated rings. The monoisotopic (exact) mass is 295 g/mol. The first kappa shape index (κ1) is 14.1. The first-order valence-corrected chi connectivity index (χ1v) is 7.07. The highest BCUT2D eigenvalue weighted by molar-refractivity contribution is 5.91. The molecule has 0 aliphatic rings. The van der Waals surface area contributed by atoms with Gasteiger partial charge in [-0.05, 0) is 34.5 Å². The summed E-state index contributed by atoms with van der Waals surface area (Å²) in [7, 11) is 1.64. The third-order valence-electron chi connectivity index (χ3n) is 3.57. The van der Waals surface area contributed by atoms with Crippen molar-refractivity contribution in [3.8, 4) is 5.75 Å².